The molecule has 102 valence electrons. The Morgan fingerprint density at radius 3 is 1.88 bits per heavy atom. The molecule has 1 rings (SSSR count). The van der Waals surface area contributed by atoms with E-state index in [4.69, 9.17) is 4.74 Å². The van der Waals surface area contributed by atoms with Gasteiger partial charge in [-0.15, -0.1) is 0 Å². The Morgan fingerprint density at radius 2 is 1.53 bits per heavy atom. The number of alkyl halides is 6. The van der Waals surface area contributed by atoms with Crippen molar-refractivity contribution in [1.82, 2.24) is 0 Å². The van der Waals surface area contributed by atoms with Gasteiger partial charge in [-0.05, 0) is 26.2 Å². The molecule has 0 saturated carbocycles. The maximum Gasteiger partial charge on any atom is 0.426 e. The Balaban J connectivity index is 2.84. The lowest BCUT2D eigenvalue weighted by Crippen LogP contribution is -2.58. The second-order valence-electron chi connectivity index (χ2n) is 3.94. The van der Waals surface area contributed by atoms with Crippen LogP contribution in [0.1, 0.15) is 26.2 Å². The summed E-state index contributed by atoms with van der Waals surface area (Å²) in [4.78, 5) is 0. The molecule has 0 aromatic heterocycles. The van der Waals surface area contributed by atoms with Crippen molar-refractivity contribution in [3.63, 3.8) is 0 Å². The molecule has 1 fully saturated rings. The number of rotatable bonds is 2. The van der Waals surface area contributed by atoms with Crippen LogP contribution in [0, 0.1) is 0 Å². The van der Waals surface area contributed by atoms with Gasteiger partial charge in [-0.25, -0.2) is 0 Å². The van der Waals surface area contributed by atoms with Crippen molar-refractivity contribution < 1.29 is 35.8 Å². The lowest BCUT2D eigenvalue weighted by Gasteiger charge is -2.37. The summed E-state index contributed by atoms with van der Waals surface area (Å²) >= 11 is 0. The highest BCUT2D eigenvalue weighted by atomic mass is 19.4. The topological polar surface area (TPSA) is 18.5 Å². The SMILES string of the molecule is CC(OC1CCCCO1)(C(F)(F)F)C(F)(F)F. The van der Waals surface area contributed by atoms with E-state index in [1.165, 1.54) is 0 Å². The van der Waals surface area contributed by atoms with Gasteiger partial charge in [0, 0.05) is 6.61 Å². The van der Waals surface area contributed by atoms with Crippen molar-refractivity contribution in [1.29, 1.82) is 0 Å². The molecule has 1 heterocycles. The van der Waals surface area contributed by atoms with E-state index in [1.807, 2.05) is 0 Å². The Kier molecular flexibility index (Phi) is 3.97. The standard InChI is InChI=1S/C9H12F6O2/c1-7(8(10,11)12,9(13,14)15)17-6-4-2-3-5-16-6/h6H,2-5H2,1H3. The summed E-state index contributed by atoms with van der Waals surface area (Å²) in [5, 5.41) is 0. The second kappa shape index (κ2) is 4.64. The Morgan fingerprint density at radius 1 is 1.00 bits per heavy atom. The lowest BCUT2D eigenvalue weighted by atomic mass is 10.1. The number of hydrogen-bond acceptors (Lipinski definition) is 2. The molecular weight excluding hydrogens is 254 g/mol. The summed E-state index contributed by atoms with van der Waals surface area (Å²) in [5.41, 5.74) is -4.19. The molecule has 1 saturated heterocycles. The van der Waals surface area contributed by atoms with E-state index in [1.54, 1.807) is 0 Å². The van der Waals surface area contributed by atoms with Crippen LogP contribution >= 0.6 is 0 Å². The summed E-state index contributed by atoms with van der Waals surface area (Å²) in [6, 6.07) is 0. The molecule has 8 heteroatoms. The minimum absolute atomic E-state index is 0.0229. The fourth-order valence-corrected chi connectivity index (χ4v) is 1.36. The Hall–Kier alpha value is -0.500. The smallest absolute Gasteiger partial charge is 0.353 e. The van der Waals surface area contributed by atoms with Crippen LogP contribution in [0.3, 0.4) is 0 Å². The average Bonchev–Trinajstić information content (AvgIpc) is 2.15. The van der Waals surface area contributed by atoms with Crippen LogP contribution in [0.5, 0.6) is 0 Å². The van der Waals surface area contributed by atoms with Crippen LogP contribution in [-0.4, -0.2) is 30.9 Å². The zero-order valence-electron chi connectivity index (χ0n) is 8.99. The van der Waals surface area contributed by atoms with Crippen molar-refractivity contribution in [2.24, 2.45) is 0 Å². The zero-order valence-corrected chi connectivity index (χ0v) is 8.99. The van der Waals surface area contributed by atoms with Crippen molar-refractivity contribution >= 4 is 0 Å². The fraction of sp³-hybridized carbons (Fsp3) is 1.00. The normalized spacial score (nSPS) is 23.8. The van der Waals surface area contributed by atoms with Crippen molar-refractivity contribution in [2.45, 2.75) is 50.4 Å². The first kappa shape index (κ1) is 14.6. The highest BCUT2D eigenvalue weighted by Gasteiger charge is 2.70. The van der Waals surface area contributed by atoms with E-state index in [0.717, 1.165) is 0 Å². The predicted octanol–water partition coefficient (Wildman–Crippen LogP) is 3.41. The average molecular weight is 266 g/mol. The number of halogens is 6. The molecule has 0 radical (unpaired) electrons. The first-order valence-corrected chi connectivity index (χ1v) is 5.01. The first-order valence-electron chi connectivity index (χ1n) is 5.01. The monoisotopic (exact) mass is 266 g/mol. The third-order valence-corrected chi connectivity index (χ3v) is 2.59. The molecule has 2 nitrogen and oxygen atoms in total. The molecule has 1 aliphatic rings. The van der Waals surface area contributed by atoms with Gasteiger partial charge >= 0.3 is 12.4 Å². The van der Waals surface area contributed by atoms with Gasteiger partial charge in [0.15, 0.2) is 6.29 Å². The molecular formula is C9H12F6O2. The molecule has 0 aliphatic carbocycles. The summed E-state index contributed by atoms with van der Waals surface area (Å²) in [7, 11) is 0. The first-order chi connectivity index (χ1) is 7.58. The van der Waals surface area contributed by atoms with E-state index >= 15 is 0 Å². The van der Waals surface area contributed by atoms with E-state index in [-0.39, 0.29) is 20.0 Å². The molecule has 0 aromatic rings. The van der Waals surface area contributed by atoms with Gasteiger partial charge in [0.05, 0.1) is 0 Å². The van der Waals surface area contributed by atoms with E-state index < -0.39 is 24.2 Å². The van der Waals surface area contributed by atoms with Crippen molar-refractivity contribution in [3.05, 3.63) is 0 Å². The van der Waals surface area contributed by atoms with Crippen molar-refractivity contribution in [3.8, 4) is 0 Å². The van der Waals surface area contributed by atoms with Gasteiger partial charge in [0.25, 0.3) is 5.60 Å². The number of ether oxygens (including phenoxy) is 2. The van der Waals surface area contributed by atoms with Gasteiger partial charge in [-0.3, -0.25) is 0 Å². The Labute approximate surface area is 93.9 Å². The molecule has 0 N–H and O–H groups in total. The molecule has 0 spiro atoms. The quantitative estimate of drug-likeness (QED) is 0.713. The van der Waals surface area contributed by atoms with Gasteiger partial charge in [-0.2, -0.15) is 26.3 Å². The zero-order chi connectivity index (χ0) is 13.3. The van der Waals surface area contributed by atoms with E-state index in [0.29, 0.717) is 12.8 Å². The van der Waals surface area contributed by atoms with Crippen LogP contribution in [-0.2, 0) is 9.47 Å². The second-order valence-corrected chi connectivity index (χ2v) is 3.94. The predicted molar refractivity (Wildman–Crippen MR) is 45.2 cm³/mol. The summed E-state index contributed by atoms with van der Waals surface area (Å²) in [6.07, 6.45) is -11.4. The van der Waals surface area contributed by atoms with E-state index in [9.17, 15) is 26.3 Å². The minimum atomic E-state index is -5.54. The van der Waals surface area contributed by atoms with Gasteiger partial charge < -0.3 is 9.47 Å². The van der Waals surface area contributed by atoms with Crippen LogP contribution in [0.15, 0.2) is 0 Å². The van der Waals surface area contributed by atoms with Gasteiger partial charge in [0.1, 0.15) is 0 Å². The third-order valence-electron chi connectivity index (χ3n) is 2.59. The van der Waals surface area contributed by atoms with Crippen LogP contribution in [0.25, 0.3) is 0 Å². The molecule has 17 heavy (non-hydrogen) atoms. The molecule has 0 amide bonds. The molecule has 1 atom stereocenters. The van der Waals surface area contributed by atoms with E-state index in [2.05, 4.69) is 4.74 Å². The van der Waals surface area contributed by atoms with Crippen molar-refractivity contribution in [2.75, 3.05) is 6.61 Å². The maximum absolute atomic E-state index is 12.5. The Bertz CT molecular complexity index is 239. The highest BCUT2D eigenvalue weighted by molar-refractivity contribution is 4.92. The summed E-state index contributed by atoms with van der Waals surface area (Å²) < 4.78 is 83.6. The van der Waals surface area contributed by atoms with Gasteiger partial charge in [0.2, 0.25) is 0 Å². The molecule has 1 aliphatic heterocycles. The number of hydrogen-bond donors (Lipinski definition) is 0. The maximum atomic E-state index is 12.5. The van der Waals surface area contributed by atoms with Crippen LogP contribution in [0.2, 0.25) is 0 Å². The lowest BCUT2D eigenvalue weighted by molar-refractivity contribution is -0.404. The summed E-state index contributed by atoms with van der Waals surface area (Å²) in [5.74, 6) is 0. The third kappa shape index (κ3) is 3.04. The summed E-state index contributed by atoms with van der Waals surface area (Å²) in [6.45, 7) is 0.0847. The minimum Gasteiger partial charge on any atom is -0.353 e. The van der Waals surface area contributed by atoms with Crippen LogP contribution in [0.4, 0.5) is 26.3 Å². The van der Waals surface area contributed by atoms with Crippen LogP contribution < -0.4 is 0 Å². The fourth-order valence-electron chi connectivity index (χ4n) is 1.36. The molecule has 1 unspecified atom stereocenters. The molecule has 0 bridgehead atoms. The highest BCUT2D eigenvalue weighted by Crippen LogP contribution is 2.46. The van der Waals surface area contributed by atoms with Gasteiger partial charge in [-0.1, -0.05) is 0 Å². The largest absolute Gasteiger partial charge is 0.426 e. The molecule has 0 aromatic carbocycles.